The highest BCUT2D eigenvalue weighted by Crippen LogP contribution is 2.24. The molecule has 0 saturated carbocycles. The number of hydrogen-bond acceptors (Lipinski definition) is 5. The Labute approximate surface area is 147 Å². The Morgan fingerprint density at radius 1 is 1.32 bits per heavy atom. The fraction of sp³-hybridized carbons (Fsp3) is 0.765. The second-order valence-corrected chi connectivity index (χ2v) is 6.06. The van der Waals surface area contributed by atoms with Gasteiger partial charge in [-0.05, 0) is 25.3 Å². The van der Waals surface area contributed by atoms with Gasteiger partial charge in [-0.3, -0.25) is 4.79 Å². The number of hydrogen-bond donors (Lipinski definition) is 2. The number of alkyl halides is 2. The van der Waals surface area contributed by atoms with Gasteiger partial charge in [-0.1, -0.05) is 20.8 Å². The standard InChI is InChI=1S/C17H28F2N2O4/c1-4-7-24-17(23)10-8-12(21-16(22)15(18)19)14(20)13(9-10)25-11(5-2)6-3/h9,11-15H,4-8,20H2,1-3H3,(H,21,22)/t12-,13+,14+/m0/s1. The minimum atomic E-state index is -3.15. The van der Waals surface area contributed by atoms with E-state index in [2.05, 4.69) is 5.32 Å². The molecular weight excluding hydrogens is 334 g/mol. The van der Waals surface area contributed by atoms with Crippen LogP contribution in [-0.4, -0.2) is 49.2 Å². The van der Waals surface area contributed by atoms with Crippen LogP contribution in [-0.2, 0) is 19.1 Å². The van der Waals surface area contributed by atoms with Crippen molar-refractivity contribution in [2.24, 2.45) is 5.73 Å². The van der Waals surface area contributed by atoms with Gasteiger partial charge < -0.3 is 20.5 Å². The third-order valence-electron chi connectivity index (χ3n) is 4.13. The number of ether oxygens (including phenoxy) is 2. The van der Waals surface area contributed by atoms with Gasteiger partial charge >= 0.3 is 12.4 Å². The third kappa shape index (κ3) is 6.36. The third-order valence-corrected chi connectivity index (χ3v) is 4.13. The molecule has 0 aromatic rings. The Kier molecular flexibility index (Phi) is 8.99. The van der Waals surface area contributed by atoms with Crippen LogP contribution in [0.5, 0.6) is 0 Å². The van der Waals surface area contributed by atoms with Crippen LogP contribution < -0.4 is 11.1 Å². The summed E-state index contributed by atoms with van der Waals surface area (Å²) in [6.45, 7) is 6.04. The normalized spacial score (nSPS) is 23.5. The first kappa shape index (κ1) is 21.5. The van der Waals surface area contributed by atoms with Gasteiger partial charge in [-0.2, -0.15) is 8.78 Å². The molecule has 1 aliphatic rings. The van der Waals surface area contributed by atoms with Crippen molar-refractivity contribution < 1.29 is 27.8 Å². The number of amides is 1. The first-order valence-electron chi connectivity index (χ1n) is 8.71. The zero-order valence-corrected chi connectivity index (χ0v) is 15.0. The van der Waals surface area contributed by atoms with Crippen molar-refractivity contribution in [3.05, 3.63) is 11.6 Å². The van der Waals surface area contributed by atoms with Crippen LogP contribution in [0.15, 0.2) is 11.6 Å². The number of halogens is 2. The Morgan fingerprint density at radius 2 is 1.96 bits per heavy atom. The maximum absolute atomic E-state index is 12.6. The monoisotopic (exact) mass is 362 g/mol. The largest absolute Gasteiger partial charge is 0.462 e. The van der Waals surface area contributed by atoms with Gasteiger partial charge in [0.05, 0.1) is 30.9 Å². The van der Waals surface area contributed by atoms with Crippen molar-refractivity contribution in [2.45, 2.75) is 77.2 Å². The van der Waals surface area contributed by atoms with E-state index in [1.165, 1.54) is 0 Å². The summed E-state index contributed by atoms with van der Waals surface area (Å²) < 4.78 is 36.1. The summed E-state index contributed by atoms with van der Waals surface area (Å²) in [5, 5.41) is 2.21. The summed E-state index contributed by atoms with van der Waals surface area (Å²) in [4.78, 5) is 23.5. The zero-order valence-electron chi connectivity index (χ0n) is 15.0. The van der Waals surface area contributed by atoms with E-state index in [1.54, 1.807) is 6.08 Å². The number of nitrogens with two attached hydrogens (primary N) is 1. The molecule has 1 aliphatic carbocycles. The lowest BCUT2D eigenvalue weighted by atomic mass is 9.88. The van der Waals surface area contributed by atoms with Gasteiger partial charge in [0.15, 0.2) is 0 Å². The first-order chi connectivity index (χ1) is 11.8. The second kappa shape index (κ2) is 10.5. The maximum Gasteiger partial charge on any atom is 0.333 e. The average Bonchev–Trinajstić information content (AvgIpc) is 2.59. The molecule has 3 atom stereocenters. The van der Waals surface area contributed by atoms with E-state index in [9.17, 15) is 18.4 Å². The lowest BCUT2D eigenvalue weighted by Crippen LogP contribution is -2.57. The van der Waals surface area contributed by atoms with Crippen molar-refractivity contribution in [3.8, 4) is 0 Å². The number of rotatable bonds is 9. The van der Waals surface area contributed by atoms with Gasteiger partial charge in [-0.25, -0.2) is 4.79 Å². The Balaban J connectivity index is 2.97. The van der Waals surface area contributed by atoms with Crippen LogP contribution in [0.25, 0.3) is 0 Å². The molecule has 25 heavy (non-hydrogen) atoms. The quantitative estimate of drug-likeness (QED) is 0.612. The van der Waals surface area contributed by atoms with E-state index in [4.69, 9.17) is 15.2 Å². The smallest absolute Gasteiger partial charge is 0.333 e. The van der Waals surface area contributed by atoms with Crippen LogP contribution in [0.2, 0.25) is 0 Å². The molecule has 1 amide bonds. The molecule has 0 aromatic carbocycles. The van der Waals surface area contributed by atoms with Crippen molar-refractivity contribution in [1.82, 2.24) is 5.32 Å². The summed E-state index contributed by atoms with van der Waals surface area (Å²) in [6.07, 6.45) is -0.106. The predicted molar refractivity (Wildman–Crippen MR) is 89.1 cm³/mol. The molecule has 0 spiro atoms. The van der Waals surface area contributed by atoms with Gasteiger partial charge in [0.25, 0.3) is 5.91 Å². The molecule has 1 rings (SSSR count). The van der Waals surface area contributed by atoms with E-state index < -0.39 is 36.5 Å². The first-order valence-corrected chi connectivity index (χ1v) is 8.71. The predicted octanol–water partition coefficient (Wildman–Crippen LogP) is 1.92. The van der Waals surface area contributed by atoms with E-state index in [0.717, 1.165) is 12.8 Å². The van der Waals surface area contributed by atoms with Crippen molar-refractivity contribution in [2.75, 3.05) is 6.61 Å². The van der Waals surface area contributed by atoms with E-state index >= 15 is 0 Å². The molecular formula is C17H28F2N2O4. The fourth-order valence-corrected chi connectivity index (χ4v) is 2.64. The number of esters is 1. The molecule has 3 N–H and O–H groups in total. The summed E-state index contributed by atoms with van der Waals surface area (Å²) in [5.41, 5.74) is 6.39. The number of nitrogens with one attached hydrogen (secondary N) is 1. The lowest BCUT2D eigenvalue weighted by molar-refractivity contribution is -0.140. The molecule has 0 saturated heterocycles. The molecule has 8 heteroatoms. The van der Waals surface area contributed by atoms with E-state index in [0.29, 0.717) is 6.42 Å². The number of carbonyl (C=O) groups is 2. The molecule has 0 aliphatic heterocycles. The fourth-order valence-electron chi connectivity index (χ4n) is 2.64. The minimum Gasteiger partial charge on any atom is -0.462 e. The molecule has 0 fully saturated rings. The minimum absolute atomic E-state index is 0.0327. The molecule has 0 bridgehead atoms. The molecule has 0 aromatic heterocycles. The van der Waals surface area contributed by atoms with Crippen LogP contribution >= 0.6 is 0 Å². The van der Waals surface area contributed by atoms with Gasteiger partial charge in [-0.15, -0.1) is 0 Å². The topological polar surface area (TPSA) is 90.7 Å². The lowest BCUT2D eigenvalue weighted by Gasteiger charge is -2.36. The Bertz CT molecular complexity index is 481. The maximum atomic E-state index is 12.6. The van der Waals surface area contributed by atoms with Crippen LogP contribution in [0.1, 0.15) is 46.5 Å². The van der Waals surface area contributed by atoms with Crippen molar-refractivity contribution >= 4 is 11.9 Å². The highest BCUT2D eigenvalue weighted by Gasteiger charge is 2.36. The molecule has 144 valence electrons. The highest BCUT2D eigenvalue weighted by atomic mass is 19.3. The zero-order chi connectivity index (χ0) is 19.0. The summed E-state index contributed by atoms with van der Waals surface area (Å²) in [5.74, 6) is -1.95. The average molecular weight is 362 g/mol. The molecule has 0 unspecified atom stereocenters. The molecule has 6 nitrogen and oxygen atoms in total. The Hall–Kier alpha value is -1.54. The summed E-state index contributed by atoms with van der Waals surface area (Å²) >= 11 is 0. The molecule has 0 radical (unpaired) electrons. The van der Waals surface area contributed by atoms with E-state index in [1.807, 2.05) is 20.8 Å². The van der Waals surface area contributed by atoms with Crippen LogP contribution in [0.4, 0.5) is 8.78 Å². The van der Waals surface area contributed by atoms with Gasteiger partial charge in [0.1, 0.15) is 0 Å². The SMILES string of the molecule is CCCOC(=O)C1=C[C@@H](OC(CC)CC)[C@H](N)[C@@H](NC(=O)C(F)F)C1. The highest BCUT2D eigenvalue weighted by molar-refractivity contribution is 5.89. The van der Waals surface area contributed by atoms with Crippen LogP contribution in [0.3, 0.4) is 0 Å². The van der Waals surface area contributed by atoms with Crippen LogP contribution in [0, 0.1) is 0 Å². The van der Waals surface area contributed by atoms with Crippen molar-refractivity contribution in [3.63, 3.8) is 0 Å². The molecule has 0 heterocycles. The Morgan fingerprint density at radius 3 is 2.48 bits per heavy atom. The van der Waals surface area contributed by atoms with E-state index in [-0.39, 0.29) is 24.7 Å². The van der Waals surface area contributed by atoms with Crippen molar-refractivity contribution in [1.29, 1.82) is 0 Å². The summed E-state index contributed by atoms with van der Waals surface area (Å²) in [6, 6.07) is -1.55. The summed E-state index contributed by atoms with van der Waals surface area (Å²) in [7, 11) is 0. The second-order valence-electron chi connectivity index (χ2n) is 6.06. The van der Waals surface area contributed by atoms with Gasteiger partial charge in [0, 0.05) is 12.0 Å². The number of carbonyl (C=O) groups excluding carboxylic acids is 2. The van der Waals surface area contributed by atoms with Gasteiger partial charge in [0.2, 0.25) is 0 Å².